The Hall–Kier alpha value is -1.95. The molecule has 0 radical (unpaired) electrons. The van der Waals surface area contributed by atoms with Gasteiger partial charge in [0.25, 0.3) is 5.69 Å². The molecule has 1 unspecified atom stereocenters. The molecule has 6 heteroatoms. The molecule has 1 atom stereocenters. The molecule has 19 heavy (non-hydrogen) atoms. The highest BCUT2D eigenvalue weighted by molar-refractivity contribution is 5.80. The lowest BCUT2D eigenvalue weighted by Crippen LogP contribution is -2.42. The molecule has 0 saturated heterocycles. The maximum absolute atomic E-state index is 11.6. The number of hydrogen-bond donors (Lipinski definition) is 1. The SMILES string of the molecule is CC(NCCc1ccc([N+](=O)[O-])cc1)C(=O)N(C)C. The van der Waals surface area contributed by atoms with Crippen LogP contribution < -0.4 is 5.32 Å². The van der Waals surface area contributed by atoms with Gasteiger partial charge in [-0.3, -0.25) is 14.9 Å². The van der Waals surface area contributed by atoms with Gasteiger partial charge < -0.3 is 10.2 Å². The summed E-state index contributed by atoms with van der Waals surface area (Å²) in [5.41, 5.74) is 1.09. The molecule has 0 bridgehead atoms. The van der Waals surface area contributed by atoms with Crippen LogP contribution in [-0.4, -0.2) is 42.4 Å². The van der Waals surface area contributed by atoms with Gasteiger partial charge in [0, 0.05) is 26.2 Å². The maximum Gasteiger partial charge on any atom is 0.269 e. The lowest BCUT2D eigenvalue weighted by molar-refractivity contribution is -0.384. The summed E-state index contributed by atoms with van der Waals surface area (Å²) >= 11 is 0. The zero-order valence-electron chi connectivity index (χ0n) is 11.4. The molecule has 6 nitrogen and oxygen atoms in total. The third-order valence-corrected chi connectivity index (χ3v) is 2.82. The third kappa shape index (κ3) is 4.67. The molecule has 0 saturated carbocycles. The minimum absolute atomic E-state index is 0.0312. The van der Waals surface area contributed by atoms with Crippen molar-refractivity contribution in [1.29, 1.82) is 0 Å². The fourth-order valence-electron chi connectivity index (χ4n) is 1.69. The van der Waals surface area contributed by atoms with E-state index in [0.29, 0.717) is 6.54 Å². The van der Waals surface area contributed by atoms with Gasteiger partial charge in [-0.15, -0.1) is 0 Å². The van der Waals surface area contributed by atoms with Crippen LogP contribution in [0.25, 0.3) is 0 Å². The summed E-state index contributed by atoms with van der Waals surface area (Å²) in [6.45, 7) is 2.47. The number of carbonyl (C=O) groups excluding carboxylic acids is 1. The van der Waals surface area contributed by atoms with E-state index >= 15 is 0 Å². The minimum atomic E-state index is -0.417. The highest BCUT2D eigenvalue weighted by atomic mass is 16.6. The first-order valence-electron chi connectivity index (χ1n) is 6.09. The van der Waals surface area contributed by atoms with Crippen molar-refractivity contribution in [3.8, 4) is 0 Å². The zero-order chi connectivity index (χ0) is 14.4. The lowest BCUT2D eigenvalue weighted by Gasteiger charge is -2.17. The number of likely N-dealkylation sites (N-methyl/N-ethyl adjacent to an activating group) is 1. The van der Waals surface area contributed by atoms with Crippen molar-refractivity contribution in [3.63, 3.8) is 0 Å². The van der Waals surface area contributed by atoms with E-state index in [9.17, 15) is 14.9 Å². The number of amides is 1. The van der Waals surface area contributed by atoms with Gasteiger partial charge in [0.05, 0.1) is 11.0 Å². The first-order valence-corrected chi connectivity index (χ1v) is 6.09. The van der Waals surface area contributed by atoms with Crippen LogP contribution in [0.2, 0.25) is 0 Å². The van der Waals surface area contributed by atoms with Crippen LogP contribution in [0, 0.1) is 10.1 Å². The molecule has 0 aliphatic heterocycles. The van der Waals surface area contributed by atoms with Crippen molar-refractivity contribution in [3.05, 3.63) is 39.9 Å². The molecule has 1 amide bonds. The molecule has 1 rings (SSSR count). The molecular formula is C13H19N3O3. The Labute approximate surface area is 112 Å². The molecule has 0 aliphatic carbocycles. The molecule has 0 spiro atoms. The van der Waals surface area contributed by atoms with E-state index in [0.717, 1.165) is 12.0 Å². The molecule has 1 aromatic carbocycles. The van der Waals surface area contributed by atoms with Crippen LogP contribution >= 0.6 is 0 Å². The number of non-ortho nitro benzene ring substituents is 1. The summed E-state index contributed by atoms with van der Waals surface area (Å²) in [7, 11) is 3.44. The first-order chi connectivity index (χ1) is 8.91. The summed E-state index contributed by atoms with van der Waals surface area (Å²) in [6, 6.07) is 6.22. The molecule has 104 valence electrons. The highest BCUT2D eigenvalue weighted by Gasteiger charge is 2.13. The lowest BCUT2D eigenvalue weighted by atomic mass is 10.1. The summed E-state index contributed by atoms with van der Waals surface area (Å²) < 4.78 is 0. The maximum atomic E-state index is 11.6. The van der Waals surface area contributed by atoms with Gasteiger partial charge in [0.2, 0.25) is 5.91 Å². The number of carbonyl (C=O) groups is 1. The predicted molar refractivity (Wildman–Crippen MR) is 73.0 cm³/mol. The first kappa shape index (κ1) is 15.1. The molecule has 1 aromatic rings. The van der Waals surface area contributed by atoms with Gasteiger partial charge in [-0.05, 0) is 25.5 Å². The largest absolute Gasteiger partial charge is 0.347 e. The number of benzene rings is 1. The molecule has 0 fully saturated rings. The minimum Gasteiger partial charge on any atom is -0.347 e. The fraction of sp³-hybridized carbons (Fsp3) is 0.462. The predicted octanol–water partition coefficient (Wildman–Crippen LogP) is 1.20. The van der Waals surface area contributed by atoms with Crippen molar-refractivity contribution in [1.82, 2.24) is 10.2 Å². The molecular weight excluding hydrogens is 246 g/mol. The topological polar surface area (TPSA) is 75.5 Å². The van der Waals surface area contributed by atoms with E-state index < -0.39 is 4.92 Å². The molecule has 0 aliphatic rings. The van der Waals surface area contributed by atoms with E-state index in [2.05, 4.69) is 5.32 Å². The molecule has 0 heterocycles. The van der Waals surface area contributed by atoms with Crippen LogP contribution in [0.1, 0.15) is 12.5 Å². The normalized spacial score (nSPS) is 11.9. The second-order valence-electron chi connectivity index (χ2n) is 4.58. The quantitative estimate of drug-likeness (QED) is 0.619. The number of hydrogen-bond acceptors (Lipinski definition) is 4. The van der Waals surface area contributed by atoms with E-state index in [1.165, 1.54) is 12.1 Å². The van der Waals surface area contributed by atoms with Crippen LogP contribution in [0.15, 0.2) is 24.3 Å². The summed E-state index contributed by atoms with van der Waals surface area (Å²) in [5, 5.41) is 13.6. The van der Waals surface area contributed by atoms with E-state index in [1.54, 1.807) is 31.1 Å². The van der Waals surface area contributed by atoms with Gasteiger partial charge in [-0.25, -0.2) is 0 Å². The van der Waals surface area contributed by atoms with Crippen molar-refractivity contribution in [2.45, 2.75) is 19.4 Å². The Balaban J connectivity index is 2.41. The number of rotatable bonds is 6. The van der Waals surface area contributed by atoms with E-state index in [4.69, 9.17) is 0 Å². The Bertz CT molecular complexity index is 443. The van der Waals surface area contributed by atoms with Crippen LogP contribution in [-0.2, 0) is 11.2 Å². The number of nitro benzene ring substituents is 1. The fourth-order valence-corrected chi connectivity index (χ4v) is 1.69. The second kappa shape index (κ2) is 6.84. The highest BCUT2D eigenvalue weighted by Crippen LogP contribution is 2.11. The van der Waals surface area contributed by atoms with Crippen molar-refractivity contribution in [2.75, 3.05) is 20.6 Å². The molecule has 1 N–H and O–H groups in total. The summed E-state index contributed by atoms with van der Waals surface area (Å²) in [6.07, 6.45) is 0.725. The zero-order valence-corrected chi connectivity index (χ0v) is 11.4. The number of nitrogens with one attached hydrogen (secondary N) is 1. The van der Waals surface area contributed by atoms with Gasteiger partial charge in [-0.2, -0.15) is 0 Å². The second-order valence-corrected chi connectivity index (χ2v) is 4.58. The average Bonchev–Trinajstić information content (AvgIpc) is 2.38. The average molecular weight is 265 g/mol. The van der Waals surface area contributed by atoms with Crippen molar-refractivity contribution >= 4 is 11.6 Å². The standard InChI is InChI=1S/C13H19N3O3/c1-10(13(17)15(2)3)14-9-8-11-4-6-12(7-5-11)16(18)19/h4-7,10,14H,8-9H2,1-3H3. The summed E-state index contributed by atoms with van der Waals surface area (Å²) in [5.74, 6) is 0.0312. The Kier molecular flexibility index (Phi) is 5.44. The van der Waals surface area contributed by atoms with Crippen LogP contribution in [0.4, 0.5) is 5.69 Å². The van der Waals surface area contributed by atoms with Crippen LogP contribution in [0.5, 0.6) is 0 Å². The van der Waals surface area contributed by atoms with Crippen molar-refractivity contribution < 1.29 is 9.72 Å². The summed E-state index contributed by atoms with van der Waals surface area (Å²) in [4.78, 5) is 23.2. The molecule has 0 aromatic heterocycles. The Morgan fingerprint density at radius 1 is 1.37 bits per heavy atom. The van der Waals surface area contributed by atoms with Crippen molar-refractivity contribution in [2.24, 2.45) is 0 Å². The third-order valence-electron chi connectivity index (χ3n) is 2.82. The Morgan fingerprint density at radius 3 is 2.42 bits per heavy atom. The van der Waals surface area contributed by atoms with Gasteiger partial charge in [-0.1, -0.05) is 12.1 Å². The van der Waals surface area contributed by atoms with E-state index in [-0.39, 0.29) is 17.6 Å². The number of nitrogens with zero attached hydrogens (tertiary/aromatic N) is 2. The van der Waals surface area contributed by atoms with E-state index in [1.807, 2.05) is 6.92 Å². The monoisotopic (exact) mass is 265 g/mol. The van der Waals surface area contributed by atoms with Crippen LogP contribution in [0.3, 0.4) is 0 Å². The number of nitro groups is 1. The van der Waals surface area contributed by atoms with Gasteiger partial charge in [0.1, 0.15) is 0 Å². The van der Waals surface area contributed by atoms with Gasteiger partial charge >= 0.3 is 0 Å². The van der Waals surface area contributed by atoms with Gasteiger partial charge in [0.15, 0.2) is 0 Å². The smallest absolute Gasteiger partial charge is 0.269 e. The Morgan fingerprint density at radius 2 is 1.95 bits per heavy atom.